The van der Waals surface area contributed by atoms with E-state index in [-0.39, 0.29) is 23.2 Å². The summed E-state index contributed by atoms with van der Waals surface area (Å²) in [5, 5.41) is 9.31. The van der Waals surface area contributed by atoms with Gasteiger partial charge >= 0.3 is 5.69 Å². The fourth-order valence-corrected chi connectivity index (χ4v) is 4.95. The Morgan fingerprint density at radius 1 is 1.15 bits per heavy atom. The molecule has 2 aromatic heterocycles. The Kier molecular flexibility index (Phi) is 5.57. The molecule has 0 amide bonds. The van der Waals surface area contributed by atoms with Crippen LogP contribution >= 0.6 is 11.8 Å². The average Bonchev–Trinajstić information content (AvgIpc) is 3.29. The Balaban J connectivity index is 1.45. The Morgan fingerprint density at radius 2 is 1.85 bits per heavy atom. The van der Waals surface area contributed by atoms with Crippen LogP contribution in [-0.2, 0) is 0 Å². The zero-order valence-corrected chi connectivity index (χ0v) is 19.1. The second-order valence-electron chi connectivity index (χ2n) is 8.48. The van der Waals surface area contributed by atoms with Gasteiger partial charge < -0.3 is 10.6 Å². The van der Waals surface area contributed by atoms with E-state index in [9.17, 15) is 14.4 Å². The van der Waals surface area contributed by atoms with Crippen LogP contribution in [0.3, 0.4) is 0 Å². The number of aromatic amines is 1. The first-order valence-corrected chi connectivity index (χ1v) is 12.0. The second-order valence-corrected chi connectivity index (χ2v) is 9.42. The van der Waals surface area contributed by atoms with Gasteiger partial charge in [-0.15, -0.1) is 10.2 Å². The predicted molar refractivity (Wildman–Crippen MR) is 127 cm³/mol. The van der Waals surface area contributed by atoms with Gasteiger partial charge in [0.2, 0.25) is 5.95 Å². The standard InChI is InChI=1S/C22H25N7O3S/c1-13-4-6-15(7-5-13)29-20(27-10-2-3-11-27)25-26-22(29)33-12-16(30)17-18(23)28(14-8-9-14)21(32)24-19(17)31/h4-7,14H,2-3,8-12,23H2,1H3,(H,24,31,32). The summed E-state index contributed by atoms with van der Waals surface area (Å²) in [4.78, 5) is 42.0. The SMILES string of the molecule is Cc1ccc(-n2c(SCC(=O)c3c(N)n(C4CC4)c(=O)[nH]c3=O)nnc2N2CCCC2)cc1. The van der Waals surface area contributed by atoms with Gasteiger partial charge in [-0.1, -0.05) is 29.5 Å². The Hall–Kier alpha value is -3.34. The highest BCUT2D eigenvalue weighted by Crippen LogP contribution is 2.35. The Bertz CT molecular complexity index is 1320. The number of aromatic nitrogens is 5. The highest BCUT2D eigenvalue weighted by atomic mass is 32.2. The number of rotatable bonds is 7. The fraction of sp³-hybridized carbons (Fsp3) is 0.409. The molecule has 0 atom stereocenters. The number of ketones is 1. The van der Waals surface area contributed by atoms with Crippen LogP contribution in [0.1, 0.15) is 47.6 Å². The van der Waals surface area contributed by atoms with Gasteiger partial charge in [0.1, 0.15) is 11.4 Å². The van der Waals surface area contributed by atoms with Gasteiger partial charge in [0.25, 0.3) is 5.56 Å². The molecule has 0 unspecified atom stereocenters. The van der Waals surface area contributed by atoms with Crippen LogP contribution in [0.5, 0.6) is 0 Å². The summed E-state index contributed by atoms with van der Waals surface area (Å²) in [6.07, 6.45) is 3.80. The molecule has 5 rings (SSSR count). The van der Waals surface area contributed by atoms with Crippen molar-refractivity contribution in [2.45, 2.75) is 43.8 Å². The van der Waals surface area contributed by atoms with Gasteiger partial charge in [-0.2, -0.15) is 0 Å². The summed E-state index contributed by atoms with van der Waals surface area (Å²) in [6, 6.07) is 7.98. The summed E-state index contributed by atoms with van der Waals surface area (Å²) in [5.41, 5.74) is 6.64. The minimum atomic E-state index is -0.752. The zero-order chi connectivity index (χ0) is 23.1. The Labute approximate surface area is 193 Å². The molecular formula is C22H25N7O3S. The Morgan fingerprint density at radius 3 is 2.52 bits per heavy atom. The number of nitrogens with two attached hydrogens (primary N) is 1. The lowest BCUT2D eigenvalue weighted by Gasteiger charge is -2.18. The molecule has 172 valence electrons. The molecule has 1 saturated carbocycles. The number of hydrogen-bond acceptors (Lipinski definition) is 8. The van der Waals surface area contributed by atoms with Gasteiger partial charge in [0, 0.05) is 19.1 Å². The van der Waals surface area contributed by atoms with Crippen molar-refractivity contribution in [2.24, 2.45) is 0 Å². The lowest BCUT2D eigenvalue weighted by molar-refractivity contribution is 0.102. The number of carbonyl (C=O) groups is 1. The minimum Gasteiger partial charge on any atom is -0.384 e. The molecule has 3 aromatic rings. The van der Waals surface area contributed by atoms with Gasteiger partial charge in [-0.25, -0.2) is 4.79 Å². The normalized spacial score (nSPS) is 15.8. The smallest absolute Gasteiger partial charge is 0.330 e. The maximum Gasteiger partial charge on any atom is 0.330 e. The summed E-state index contributed by atoms with van der Waals surface area (Å²) >= 11 is 1.20. The molecule has 11 heteroatoms. The molecule has 2 aliphatic rings. The number of hydrogen-bond donors (Lipinski definition) is 2. The molecule has 3 heterocycles. The molecule has 1 aliphatic heterocycles. The molecule has 0 spiro atoms. The first-order chi connectivity index (χ1) is 15.9. The lowest BCUT2D eigenvalue weighted by atomic mass is 10.2. The average molecular weight is 468 g/mol. The number of nitrogens with one attached hydrogen (secondary N) is 1. The monoisotopic (exact) mass is 467 g/mol. The minimum absolute atomic E-state index is 0.0544. The number of Topliss-reactive ketones (excluding diaryl/α,β-unsaturated/α-hetero) is 1. The second kappa shape index (κ2) is 8.54. The van der Waals surface area contributed by atoms with E-state index in [1.165, 1.54) is 16.3 Å². The van der Waals surface area contributed by atoms with Crippen LogP contribution in [0.4, 0.5) is 11.8 Å². The van der Waals surface area contributed by atoms with Gasteiger partial charge in [0.05, 0.1) is 11.4 Å². The molecule has 3 N–H and O–H groups in total. The highest BCUT2D eigenvalue weighted by molar-refractivity contribution is 7.99. The topological polar surface area (TPSA) is 132 Å². The summed E-state index contributed by atoms with van der Waals surface area (Å²) in [6.45, 7) is 3.83. The van der Waals surface area contributed by atoms with Crippen LogP contribution < -0.4 is 21.9 Å². The van der Waals surface area contributed by atoms with E-state index in [1.54, 1.807) is 0 Å². The number of thioether (sulfide) groups is 1. The lowest BCUT2D eigenvalue weighted by Crippen LogP contribution is -2.36. The van der Waals surface area contributed by atoms with Crippen LogP contribution in [0.2, 0.25) is 0 Å². The van der Waals surface area contributed by atoms with Crippen molar-refractivity contribution in [1.82, 2.24) is 24.3 Å². The van der Waals surface area contributed by atoms with Crippen molar-refractivity contribution in [1.29, 1.82) is 0 Å². The van der Waals surface area contributed by atoms with E-state index < -0.39 is 17.0 Å². The summed E-state index contributed by atoms with van der Waals surface area (Å²) in [5.74, 6) is 0.176. The number of nitrogens with zero attached hydrogens (tertiary/aromatic N) is 5. The fourth-order valence-electron chi connectivity index (χ4n) is 4.13. The maximum atomic E-state index is 13.0. The van der Waals surface area contributed by atoms with E-state index in [0.717, 1.165) is 56.0 Å². The molecule has 33 heavy (non-hydrogen) atoms. The third kappa shape index (κ3) is 4.08. The van der Waals surface area contributed by atoms with Gasteiger partial charge in [-0.05, 0) is 44.7 Å². The number of aryl methyl sites for hydroxylation is 1. The van der Waals surface area contributed by atoms with Crippen molar-refractivity contribution in [3.8, 4) is 5.69 Å². The molecule has 0 radical (unpaired) electrons. The molecule has 1 aliphatic carbocycles. The summed E-state index contributed by atoms with van der Waals surface area (Å²) < 4.78 is 3.26. The van der Waals surface area contributed by atoms with Crippen LogP contribution in [0.25, 0.3) is 5.69 Å². The van der Waals surface area contributed by atoms with Crippen molar-refractivity contribution in [3.63, 3.8) is 0 Å². The first-order valence-electron chi connectivity index (χ1n) is 11.0. The zero-order valence-electron chi connectivity index (χ0n) is 18.3. The van der Waals surface area contributed by atoms with Crippen molar-refractivity contribution in [3.05, 3.63) is 56.2 Å². The van der Waals surface area contributed by atoms with Gasteiger partial charge in [0.15, 0.2) is 10.9 Å². The molecule has 10 nitrogen and oxygen atoms in total. The molecule has 1 saturated heterocycles. The number of benzene rings is 1. The van der Waals surface area contributed by atoms with Crippen molar-refractivity contribution in [2.75, 3.05) is 29.5 Å². The number of anilines is 2. The summed E-state index contributed by atoms with van der Waals surface area (Å²) in [7, 11) is 0. The predicted octanol–water partition coefficient (Wildman–Crippen LogP) is 1.92. The third-order valence-electron chi connectivity index (χ3n) is 6.00. The molecule has 2 fully saturated rings. The quantitative estimate of drug-likeness (QED) is 0.398. The van der Waals surface area contributed by atoms with Crippen molar-refractivity contribution < 1.29 is 4.79 Å². The van der Waals surface area contributed by atoms with Crippen LogP contribution in [-0.4, -0.2) is 48.9 Å². The van der Waals surface area contributed by atoms with Gasteiger partial charge in [-0.3, -0.25) is 23.7 Å². The largest absolute Gasteiger partial charge is 0.384 e. The van der Waals surface area contributed by atoms with Crippen LogP contribution in [0, 0.1) is 6.92 Å². The molecular weight excluding hydrogens is 442 g/mol. The molecule has 1 aromatic carbocycles. The van der Waals surface area contributed by atoms with E-state index in [0.29, 0.717) is 5.16 Å². The van der Waals surface area contributed by atoms with E-state index in [2.05, 4.69) is 20.1 Å². The number of nitrogen functional groups attached to an aromatic ring is 1. The van der Waals surface area contributed by atoms with Crippen LogP contribution in [0.15, 0.2) is 39.0 Å². The van der Waals surface area contributed by atoms with E-state index >= 15 is 0 Å². The number of H-pyrrole nitrogens is 1. The molecule has 0 bridgehead atoms. The first kappa shape index (κ1) is 21.5. The maximum absolute atomic E-state index is 13.0. The number of carbonyl (C=O) groups excluding carboxylic acids is 1. The van der Waals surface area contributed by atoms with E-state index in [1.807, 2.05) is 35.8 Å². The van der Waals surface area contributed by atoms with Crippen molar-refractivity contribution >= 4 is 29.3 Å². The van der Waals surface area contributed by atoms with E-state index in [4.69, 9.17) is 5.73 Å². The highest BCUT2D eigenvalue weighted by Gasteiger charge is 2.30. The third-order valence-corrected chi connectivity index (χ3v) is 6.93.